The molecule has 1 aromatic heterocycles. The Kier molecular flexibility index (Phi) is 5.50. The number of carbonyl (C=O) groups is 2. The summed E-state index contributed by atoms with van der Waals surface area (Å²) >= 11 is 0. The van der Waals surface area contributed by atoms with Crippen molar-refractivity contribution >= 4 is 11.9 Å². The molecule has 2 aromatic rings. The first kappa shape index (κ1) is 17.9. The Bertz CT molecular complexity index is 753. The van der Waals surface area contributed by atoms with Crippen molar-refractivity contribution in [1.82, 2.24) is 20.8 Å². The molecule has 8 nitrogen and oxygen atoms in total. The maximum Gasteiger partial charge on any atom is 0.315 e. The molecule has 4 N–H and O–H groups in total. The molecule has 0 bridgehead atoms. The molecule has 0 atom stereocenters. The molecule has 1 aliphatic rings. The average Bonchev–Trinajstić information content (AvgIpc) is 3.26. The molecule has 1 aromatic carbocycles. The largest absolute Gasteiger partial charge is 0.368 e. The third-order valence-electron chi connectivity index (χ3n) is 4.62. The minimum Gasteiger partial charge on any atom is -0.368 e. The first-order valence-corrected chi connectivity index (χ1v) is 8.79. The van der Waals surface area contributed by atoms with Gasteiger partial charge in [0.1, 0.15) is 5.54 Å². The van der Waals surface area contributed by atoms with E-state index in [1.54, 1.807) is 0 Å². The third-order valence-corrected chi connectivity index (χ3v) is 4.62. The van der Waals surface area contributed by atoms with Crippen molar-refractivity contribution in [1.29, 1.82) is 0 Å². The van der Waals surface area contributed by atoms with Gasteiger partial charge in [0.25, 0.3) is 0 Å². The molecular formula is C18H23N5O3. The van der Waals surface area contributed by atoms with E-state index in [0.29, 0.717) is 43.9 Å². The lowest BCUT2D eigenvalue weighted by Crippen LogP contribution is -2.58. The second kappa shape index (κ2) is 7.99. The highest BCUT2D eigenvalue weighted by Crippen LogP contribution is 2.29. The van der Waals surface area contributed by atoms with Crippen LogP contribution in [0.2, 0.25) is 0 Å². The Morgan fingerprint density at radius 2 is 1.92 bits per heavy atom. The highest BCUT2D eigenvalue weighted by Gasteiger charge is 2.40. The molecule has 8 heteroatoms. The van der Waals surface area contributed by atoms with Crippen LogP contribution in [0.1, 0.15) is 43.0 Å². The van der Waals surface area contributed by atoms with Gasteiger partial charge < -0.3 is 20.9 Å². The summed E-state index contributed by atoms with van der Waals surface area (Å²) in [5.74, 6) is 0.587. The SMILES string of the molecule is NC(=O)C1(NC(=O)NCCc2nc(Cc3ccccc3)no2)CCCC1. The molecule has 26 heavy (non-hydrogen) atoms. The van der Waals surface area contributed by atoms with Crippen LogP contribution in [-0.4, -0.2) is 34.2 Å². The Hall–Kier alpha value is -2.90. The summed E-state index contributed by atoms with van der Waals surface area (Å²) < 4.78 is 5.20. The van der Waals surface area contributed by atoms with Gasteiger partial charge in [-0.15, -0.1) is 0 Å². The van der Waals surface area contributed by atoms with Crippen LogP contribution in [0.3, 0.4) is 0 Å². The van der Waals surface area contributed by atoms with Crippen molar-refractivity contribution in [2.75, 3.05) is 6.54 Å². The summed E-state index contributed by atoms with van der Waals surface area (Å²) in [5.41, 5.74) is 5.64. The standard InChI is InChI=1S/C18H23N5O3/c19-16(24)18(9-4-5-10-18)22-17(25)20-11-8-15-21-14(23-26-15)12-13-6-2-1-3-7-13/h1-3,6-7H,4-5,8-12H2,(H2,19,24)(H2,20,22,25). The number of aromatic nitrogens is 2. The number of amides is 3. The second-order valence-corrected chi connectivity index (χ2v) is 6.55. The van der Waals surface area contributed by atoms with Crippen molar-refractivity contribution in [3.8, 4) is 0 Å². The minimum atomic E-state index is -0.919. The van der Waals surface area contributed by atoms with Crippen LogP contribution in [-0.2, 0) is 17.6 Å². The molecule has 1 saturated carbocycles. The Morgan fingerprint density at radius 3 is 2.62 bits per heavy atom. The molecule has 1 aliphatic carbocycles. The van der Waals surface area contributed by atoms with Gasteiger partial charge in [0.05, 0.1) is 0 Å². The first-order valence-electron chi connectivity index (χ1n) is 8.79. The van der Waals surface area contributed by atoms with Crippen LogP contribution in [0.4, 0.5) is 4.79 Å². The van der Waals surface area contributed by atoms with Crippen LogP contribution in [0.15, 0.2) is 34.9 Å². The van der Waals surface area contributed by atoms with E-state index >= 15 is 0 Å². The summed E-state index contributed by atoms with van der Waals surface area (Å²) in [5, 5.41) is 9.39. The predicted octanol–water partition coefficient (Wildman–Crippen LogP) is 1.30. The zero-order valence-corrected chi connectivity index (χ0v) is 14.5. The quantitative estimate of drug-likeness (QED) is 0.689. The molecule has 138 valence electrons. The highest BCUT2D eigenvalue weighted by atomic mass is 16.5. The molecule has 1 fully saturated rings. The van der Waals surface area contributed by atoms with E-state index in [1.807, 2.05) is 30.3 Å². The monoisotopic (exact) mass is 357 g/mol. The van der Waals surface area contributed by atoms with E-state index < -0.39 is 17.5 Å². The van der Waals surface area contributed by atoms with Crippen molar-refractivity contribution in [3.63, 3.8) is 0 Å². The van der Waals surface area contributed by atoms with E-state index in [-0.39, 0.29) is 0 Å². The number of urea groups is 1. The smallest absolute Gasteiger partial charge is 0.315 e. The number of nitrogens with zero attached hydrogens (tertiary/aromatic N) is 2. The Balaban J connectivity index is 1.45. The fraction of sp³-hybridized carbons (Fsp3) is 0.444. The zero-order valence-electron chi connectivity index (χ0n) is 14.5. The summed E-state index contributed by atoms with van der Waals surface area (Å²) in [6.07, 6.45) is 3.95. The molecule has 3 rings (SSSR count). The molecule has 0 unspecified atom stereocenters. The van der Waals surface area contributed by atoms with Crippen LogP contribution in [0, 0.1) is 0 Å². The summed E-state index contributed by atoms with van der Waals surface area (Å²) in [6, 6.07) is 9.47. The fourth-order valence-electron chi connectivity index (χ4n) is 3.20. The second-order valence-electron chi connectivity index (χ2n) is 6.55. The number of rotatable bonds is 7. The van der Waals surface area contributed by atoms with E-state index in [2.05, 4.69) is 20.8 Å². The average molecular weight is 357 g/mol. The van der Waals surface area contributed by atoms with Crippen molar-refractivity contribution in [2.24, 2.45) is 5.73 Å². The molecule has 0 saturated heterocycles. The Morgan fingerprint density at radius 1 is 1.19 bits per heavy atom. The topological polar surface area (TPSA) is 123 Å². The highest BCUT2D eigenvalue weighted by molar-refractivity contribution is 5.90. The van der Waals surface area contributed by atoms with Crippen molar-refractivity contribution < 1.29 is 14.1 Å². The molecule has 0 radical (unpaired) electrons. The van der Waals surface area contributed by atoms with Crippen LogP contribution in [0.25, 0.3) is 0 Å². The molecule has 0 spiro atoms. The number of carbonyl (C=O) groups excluding carboxylic acids is 2. The van der Waals surface area contributed by atoms with Gasteiger partial charge >= 0.3 is 6.03 Å². The van der Waals surface area contributed by atoms with Crippen LogP contribution < -0.4 is 16.4 Å². The third kappa shape index (κ3) is 4.38. The molecule has 1 heterocycles. The van der Waals surface area contributed by atoms with Gasteiger partial charge in [0.15, 0.2) is 5.82 Å². The lowest BCUT2D eigenvalue weighted by atomic mass is 9.97. The summed E-state index contributed by atoms with van der Waals surface area (Å²) in [7, 11) is 0. The van der Waals surface area contributed by atoms with Crippen LogP contribution >= 0.6 is 0 Å². The van der Waals surface area contributed by atoms with Crippen LogP contribution in [0.5, 0.6) is 0 Å². The predicted molar refractivity (Wildman–Crippen MR) is 94.2 cm³/mol. The number of hydrogen-bond acceptors (Lipinski definition) is 5. The number of benzene rings is 1. The van der Waals surface area contributed by atoms with E-state index in [1.165, 1.54) is 0 Å². The maximum absolute atomic E-state index is 12.0. The number of hydrogen-bond donors (Lipinski definition) is 3. The van der Waals surface area contributed by atoms with E-state index in [4.69, 9.17) is 10.3 Å². The number of nitrogens with two attached hydrogens (primary N) is 1. The number of primary amides is 1. The maximum atomic E-state index is 12.0. The van der Waals surface area contributed by atoms with Crippen molar-refractivity contribution in [2.45, 2.75) is 44.1 Å². The molecular weight excluding hydrogens is 334 g/mol. The Labute approximate surface area is 151 Å². The van der Waals surface area contributed by atoms with Gasteiger partial charge in [0, 0.05) is 19.4 Å². The van der Waals surface area contributed by atoms with Gasteiger partial charge in [-0.05, 0) is 18.4 Å². The van der Waals surface area contributed by atoms with Gasteiger partial charge in [-0.25, -0.2) is 4.79 Å². The van der Waals surface area contributed by atoms with Gasteiger partial charge in [0.2, 0.25) is 11.8 Å². The normalized spacial score (nSPS) is 15.5. The number of nitrogens with one attached hydrogen (secondary N) is 2. The fourth-order valence-corrected chi connectivity index (χ4v) is 3.20. The van der Waals surface area contributed by atoms with Gasteiger partial charge in [-0.1, -0.05) is 48.3 Å². The van der Waals surface area contributed by atoms with Crippen molar-refractivity contribution in [3.05, 3.63) is 47.6 Å². The van der Waals surface area contributed by atoms with E-state index in [9.17, 15) is 9.59 Å². The summed E-state index contributed by atoms with van der Waals surface area (Å²) in [6.45, 7) is 0.327. The lowest BCUT2D eigenvalue weighted by Gasteiger charge is -2.26. The lowest BCUT2D eigenvalue weighted by molar-refractivity contribution is -0.123. The molecule has 3 amide bonds. The molecule has 0 aliphatic heterocycles. The summed E-state index contributed by atoms with van der Waals surface area (Å²) in [4.78, 5) is 28.0. The van der Waals surface area contributed by atoms with Gasteiger partial charge in [-0.2, -0.15) is 4.98 Å². The zero-order chi connectivity index (χ0) is 18.4. The van der Waals surface area contributed by atoms with Gasteiger partial charge in [-0.3, -0.25) is 4.79 Å². The minimum absolute atomic E-state index is 0.327. The first-order chi connectivity index (χ1) is 12.6. The van der Waals surface area contributed by atoms with E-state index in [0.717, 1.165) is 18.4 Å².